The Morgan fingerprint density at radius 2 is 1.71 bits per heavy atom. The van der Waals surface area contributed by atoms with E-state index < -0.39 is 23.3 Å². The number of alkyl halides is 3. The topological polar surface area (TPSA) is 110 Å². The molecule has 0 bridgehead atoms. The smallest absolute Gasteiger partial charge is 0.323 e. The van der Waals surface area contributed by atoms with Gasteiger partial charge in [-0.15, -0.1) is 5.10 Å². The van der Waals surface area contributed by atoms with E-state index in [9.17, 15) is 22.8 Å². The molecule has 2 N–H and O–H groups in total. The monoisotopic (exact) mass is 522 g/mol. The van der Waals surface area contributed by atoms with Gasteiger partial charge in [-0.25, -0.2) is 0 Å². The lowest BCUT2D eigenvalue weighted by Crippen LogP contribution is -2.16. The van der Waals surface area contributed by atoms with E-state index in [1.54, 1.807) is 30.3 Å². The largest absolute Gasteiger partial charge is 0.418 e. The van der Waals surface area contributed by atoms with Gasteiger partial charge in [-0.1, -0.05) is 6.07 Å². The highest BCUT2D eigenvalue weighted by atomic mass is 19.4. The van der Waals surface area contributed by atoms with E-state index in [4.69, 9.17) is 0 Å². The van der Waals surface area contributed by atoms with Crippen LogP contribution in [0.5, 0.6) is 0 Å². The number of anilines is 1. The fraction of sp³-hybridized carbons (Fsp3) is 0.185. The summed E-state index contributed by atoms with van der Waals surface area (Å²) in [4.78, 5) is 32.2. The Bertz CT molecular complexity index is 1460. The second kappa shape index (κ2) is 12.2. The number of hydrogen-bond acceptors (Lipinski definition) is 7. The number of benzene rings is 1. The standard InChI is InChI=1S/C25H18F3N5O2.C2H7N/c1-14-3-4-19(32-24(35)23-10-18(12-30-33-23)25(26,27)28)11-21(14)17-7-15(2)31-22(9-17)16-5-6-29-20(8-16)13-34;1-3-2/h3-13H,1-2H3,(H,32,35);3H,1-2H3. The van der Waals surface area contributed by atoms with Crippen LogP contribution in [0.25, 0.3) is 22.4 Å². The minimum atomic E-state index is -4.64. The zero-order valence-electron chi connectivity index (χ0n) is 21.1. The first-order valence-electron chi connectivity index (χ1n) is 11.4. The van der Waals surface area contributed by atoms with Gasteiger partial charge in [0.1, 0.15) is 5.69 Å². The maximum atomic E-state index is 12.9. The van der Waals surface area contributed by atoms with Crippen LogP contribution in [0, 0.1) is 13.8 Å². The number of halogens is 3. The molecule has 4 rings (SSSR count). The van der Waals surface area contributed by atoms with Gasteiger partial charge in [0.25, 0.3) is 5.91 Å². The molecule has 1 amide bonds. The average molecular weight is 523 g/mol. The summed E-state index contributed by atoms with van der Waals surface area (Å²) in [6.45, 7) is 3.73. The summed E-state index contributed by atoms with van der Waals surface area (Å²) < 4.78 is 38.8. The lowest BCUT2D eigenvalue weighted by molar-refractivity contribution is -0.137. The Kier molecular flexibility index (Phi) is 8.98. The third-order valence-corrected chi connectivity index (χ3v) is 5.17. The van der Waals surface area contributed by atoms with Gasteiger partial charge in [-0.2, -0.15) is 18.3 Å². The summed E-state index contributed by atoms with van der Waals surface area (Å²) in [5.41, 5.74) is 3.74. The van der Waals surface area contributed by atoms with Crippen LogP contribution in [0.15, 0.2) is 60.9 Å². The number of rotatable bonds is 5. The summed E-state index contributed by atoms with van der Waals surface area (Å²) in [5, 5.41) is 12.1. The second-order valence-electron chi connectivity index (χ2n) is 8.28. The van der Waals surface area contributed by atoms with Gasteiger partial charge in [0.05, 0.1) is 17.5 Å². The molecule has 8 nitrogen and oxygen atoms in total. The van der Waals surface area contributed by atoms with Crippen molar-refractivity contribution >= 4 is 17.9 Å². The molecule has 3 aromatic heterocycles. The number of carbonyl (C=O) groups is 2. The number of pyridine rings is 2. The van der Waals surface area contributed by atoms with E-state index in [1.165, 1.54) is 6.20 Å². The highest BCUT2D eigenvalue weighted by molar-refractivity contribution is 6.03. The van der Waals surface area contributed by atoms with Gasteiger partial charge < -0.3 is 10.6 Å². The number of hydrogen-bond donors (Lipinski definition) is 2. The first kappa shape index (κ1) is 28.1. The second-order valence-corrected chi connectivity index (χ2v) is 8.28. The summed E-state index contributed by atoms with van der Waals surface area (Å²) in [6, 6.07) is 12.9. The van der Waals surface area contributed by atoms with Crippen LogP contribution < -0.4 is 10.6 Å². The predicted molar refractivity (Wildman–Crippen MR) is 138 cm³/mol. The number of aldehydes is 1. The summed E-state index contributed by atoms with van der Waals surface area (Å²) in [6.07, 6.45) is -1.89. The predicted octanol–water partition coefficient (Wildman–Crippen LogP) is 5.14. The molecule has 0 fully saturated rings. The van der Waals surface area contributed by atoms with E-state index in [2.05, 4.69) is 30.8 Å². The first-order valence-corrected chi connectivity index (χ1v) is 11.4. The Hall–Kier alpha value is -4.51. The van der Waals surface area contributed by atoms with Gasteiger partial charge in [0.2, 0.25) is 0 Å². The molecular formula is C27H25F3N6O2. The van der Waals surface area contributed by atoms with Crippen LogP contribution in [0.3, 0.4) is 0 Å². The van der Waals surface area contributed by atoms with Crippen LogP contribution in [-0.4, -0.2) is 46.5 Å². The third kappa shape index (κ3) is 7.04. The van der Waals surface area contributed by atoms with Crippen molar-refractivity contribution in [3.8, 4) is 22.4 Å². The van der Waals surface area contributed by atoms with Crippen LogP contribution in [-0.2, 0) is 6.18 Å². The lowest BCUT2D eigenvalue weighted by Gasteiger charge is -2.13. The maximum Gasteiger partial charge on any atom is 0.418 e. The number of amides is 1. The van der Waals surface area contributed by atoms with Gasteiger partial charge >= 0.3 is 6.18 Å². The van der Waals surface area contributed by atoms with Gasteiger partial charge in [0, 0.05) is 23.1 Å². The highest BCUT2D eigenvalue weighted by Gasteiger charge is 2.32. The van der Waals surface area contributed by atoms with Crippen LogP contribution in [0.2, 0.25) is 0 Å². The van der Waals surface area contributed by atoms with Crippen molar-refractivity contribution in [3.05, 3.63) is 89.1 Å². The molecule has 38 heavy (non-hydrogen) atoms. The van der Waals surface area contributed by atoms with Gasteiger partial charge in [0.15, 0.2) is 12.0 Å². The van der Waals surface area contributed by atoms with Crippen molar-refractivity contribution in [3.63, 3.8) is 0 Å². The molecule has 0 aliphatic carbocycles. The van der Waals surface area contributed by atoms with Crippen molar-refractivity contribution in [2.45, 2.75) is 20.0 Å². The quantitative estimate of drug-likeness (QED) is 0.350. The van der Waals surface area contributed by atoms with E-state index in [0.717, 1.165) is 27.9 Å². The molecule has 0 spiro atoms. The molecule has 0 aliphatic rings. The minimum Gasteiger partial charge on any atom is -0.323 e. The lowest BCUT2D eigenvalue weighted by atomic mass is 9.98. The number of aromatic nitrogens is 4. The Labute approximate surface area is 217 Å². The van der Waals surface area contributed by atoms with Gasteiger partial charge in [-0.3, -0.25) is 19.6 Å². The summed E-state index contributed by atoms with van der Waals surface area (Å²) in [5.74, 6) is -0.817. The van der Waals surface area contributed by atoms with E-state index >= 15 is 0 Å². The summed E-state index contributed by atoms with van der Waals surface area (Å²) in [7, 11) is 3.75. The third-order valence-electron chi connectivity index (χ3n) is 5.17. The van der Waals surface area contributed by atoms with Crippen LogP contribution >= 0.6 is 0 Å². The molecule has 0 atom stereocenters. The minimum absolute atomic E-state index is 0.283. The molecule has 0 unspecified atom stereocenters. The number of nitrogens with zero attached hydrogens (tertiary/aromatic N) is 4. The van der Waals surface area contributed by atoms with Crippen molar-refractivity contribution in [1.29, 1.82) is 0 Å². The fourth-order valence-corrected chi connectivity index (χ4v) is 3.48. The van der Waals surface area contributed by atoms with Crippen molar-refractivity contribution < 1.29 is 22.8 Å². The first-order chi connectivity index (χ1) is 18.0. The maximum absolute atomic E-state index is 12.9. The van der Waals surface area contributed by atoms with E-state index in [-0.39, 0.29) is 5.69 Å². The van der Waals surface area contributed by atoms with Crippen LogP contribution in [0.1, 0.15) is 37.8 Å². The molecule has 0 aliphatic heterocycles. The van der Waals surface area contributed by atoms with E-state index in [0.29, 0.717) is 29.9 Å². The van der Waals surface area contributed by atoms with E-state index in [1.807, 2.05) is 40.1 Å². The number of aryl methyl sites for hydroxylation is 2. The molecule has 11 heteroatoms. The van der Waals surface area contributed by atoms with Crippen LogP contribution in [0.4, 0.5) is 18.9 Å². The molecule has 0 radical (unpaired) electrons. The molecule has 1 aromatic carbocycles. The molecule has 0 saturated carbocycles. The SMILES string of the molecule is CNC.Cc1cc(-c2cc(NC(=O)c3cc(C(F)(F)F)cnn3)ccc2C)cc(-c2ccnc(C=O)c2)n1. The molecule has 3 heterocycles. The van der Waals surface area contributed by atoms with Gasteiger partial charge in [-0.05, 0) is 87.1 Å². The number of carbonyl (C=O) groups excluding carboxylic acids is 2. The molecule has 0 saturated heterocycles. The summed E-state index contributed by atoms with van der Waals surface area (Å²) >= 11 is 0. The zero-order chi connectivity index (χ0) is 27.9. The molecule has 196 valence electrons. The van der Waals surface area contributed by atoms with Crippen molar-refractivity contribution in [2.24, 2.45) is 0 Å². The Morgan fingerprint density at radius 1 is 0.974 bits per heavy atom. The fourth-order valence-electron chi connectivity index (χ4n) is 3.48. The number of nitrogens with one attached hydrogen (secondary N) is 2. The average Bonchev–Trinajstić information content (AvgIpc) is 2.89. The zero-order valence-corrected chi connectivity index (χ0v) is 21.1. The normalized spacial score (nSPS) is 10.8. The Balaban J connectivity index is 0.00000127. The van der Waals surface area contributed by atoms with Crippen molar-refractivity contribution in [2.75, 3.05) is 19.4 Å². The Morgan fingerprint density at radius 3 is 2.39 bits per heavy atom. The molecular weight excluding hydrogens is 497 g/mol. The molecule has 4 aromatic rings. The highest BCUT2D eigenvalue weighted by Crippen LogP contribution is 2.31. The van der Waals surface area contributed by atoms with Crippen molar-refractivity contribution in [1.82, 2.24) is 25.5 Å².